The summed E-state index contributed by atoms with van der Waals surface area (Å²) in [5.74, 6) is 0.757. The van der Waals surface area contributed by atoms with Gasteiger partial charge in [-0.15, -0.1) is 12.4 Å². The smallest absolute Gasteiger partial charge is 0.212 e. The maximum atomic E-state index is 6.15. The van der Waals surface area contributed by atoms with Crippen LogP contribution in [-0.2, 0) is 6.42 Å². The molecule has 18 heavy (non-hydrogen) atoms. The number of guanidine groups is 1. The molecule has 0 spiro atoms. The molecule has 1 heterocycles. The summed E-state index contributed by atoms with van der Waals surface area (Å²) in [6, 6.07) is 5.96. The minimum Gasteiger partial charge on any atom is -0.353 e. The van der Waals surface area contributed by atoms with Gasteiger partial charge in [-0.25, -0.2) is 10.4 Å². The molecule has 0 amide bonds. The van der Waals surface area contributed by atoms with Crippen LogP contribution < -0.4 is 10.7 Å². The lowest BCUT2D eigenvalue weighted by Crippen LogP contribution is -2.30. The fourth-order valence-corrected chi connectivity index (χ4v) is 2.44. The van der Waals surface area contributed by atoms with Crippen LogP contribution in [0.25, 0.3) is 0 Å². The lowest BCUT2D eigenvalue weighted by Gasteiger charge is -2.03. The summed E-state index contributed by atoms with van der Waals surface area (Å²) in [7, 11) is 0. The Kier molecular flexibility index (Phi) is 4.09. The predicted molar refractivity (Wildman–Crippen MR) is 77.0 cm³/mol. The summed E-state index contributed by atoms with van der Waals surface area (Å²) in [4.78, 5) is 4.23. The first-order valence-corrected chi connectivity index (χ1v) is 6.11. The van der Waals surface area contributed by atoms with Gasteiger partial charge in [0.1, 0.15) is 0 Å². The Hall–Kier alpha value is -1.26. The molecule has 0 saturated heterocycles. The topological polar surface area (TPSA) is 48.8 Å². The number of nitrogens with one attached hydrogen (secondary N) is 2. The van der Waals surface area contributed by atoms with Crippen LogP contribution in [0.5, 0.6) is 0 Å². The van der Waals surface area contributed by atoms with Gasteiger partial charge in [-0.2, -0.15) is 5.10 Å². The van der Waals surface area contributed by atoms with Crippen molar-refractivity contribution in [3.63, 3.8) is 0 Å². The lowest BCUT2D eigenvalue weighted by molar-refractivity contribution is 0.913. The molecule has 1 aromatic carbocycles. The van der Waals surface area contributed by atoms with E-state index in [9.17, 15) is 0 Å². The molecule has 0 atom stereocenters. The number of nitrogens with zero attached hydrogens (tertiary/aromatic N) is 2. The number of aliphatic imine (C=N–C) groups is 1. The van der Waals surface area contributed by atoms with Crippen molar-refractivity contribution >= 4 is 35.7 Å². The van der Waals surface area contributed by atoms with Gasteiger partial charge < -0.3 is 5.32 Å². The number of hydrogen-bond donors (Lipinski definition) is 2. The second-order valence-corrected chi connectivity index (χ2v) is 4.50. The van der Waals surface area contributed by atoms with E-state index in [1.807, 2.05) is 12.1 Å². The lowest BCUT2D eigenvalue weighted by atomic mass is 10.1. The van der Waals surface area contributed by atoms with Crippen LogP contribution in [0.1, 0.15) is 17.5 Å². The van der Waals surface area contributed by atoms with E-state index in [-0.39, 0.29) is 12.4 Å². The Balaban J connectivity index is 0.00000120. The molecular formula is C12H14Cl2N4. The van der Waals surface area contributed by atoms with Crippen molar-refractivity contribution in [3.05, 3.63) is 34.3 Å². The van der Waals surface area contributed by atoms with Gasteiger partial charge in [0, 0.05) is 17.1 Å². The quantitative estimate of drug-likeness (QED) is 0.775. The molecule has 3 rings (SSSR count). The molecule has 1 aliphatic heterocycles. The van der Waals surface area contributed by atoms with Gasteiger partial charge in [0.15, 0.2) is 0 Å². The van der Waals surface area contributed by atoms with E-state index >= 15 is 0 Å². The number of hydrogen-bond acceptors (Lipinski definition) is 4. The molecule has 96 valence electrons. The monoisotopic (exact) mass is 284 g/mol. The van der Waals surface area contributed by atoms with E-state index in [0.717, 1.165) is 48.2 Å². The summed E-state index contributed by atoms with van der Waals surface area (Å²) in [6.45, 7) is 1.70. The zero-order valence-corrected chi connectivity index (χ0v) is 11.3. The molecule has 1 aromatic rings. The largest absolute Gasteiger partial charge is 0.353 e. The summed E-state index contributed by atoms with van der Waals surface area (Å²) in [5.41, 5.74) is 6.38. The third kappa shape index (κ3) is 2.44. The fourth-order valence-electron chi connectivity index (χ4n) is 2.17. The van der Waals surface area contributed by atoms with Crippen LogP contribution in [0.2, 0.25) is 5.02 Å². The standard InChI is InChI=1S/C12H13ClN4.ClH/c13-10-3-1-2-9-8(10)4-5-11(9)16-17-12-14-6-7-15-12;/h1-3H,4-7H2,(H2,14,15,17);1H. The van der Waals surface area contributed by atoms with Crippen LogP contribution in [0.4, 0.5) is 0 Å². The SMILES string of the molecule is Cl.Clc1cccc2c1CCC2=NNC1=NCCN1. The zero-order valence-electron chi connectivity index (χ0n) is 9.74. The molecule has 2 aliphatic rings. The van der Waals surface area contributed by atoms with Gasteiger partial charge in [0.2, 0.25) is 5.96 Å². The first kappa shape index (κ1) is 13.2. The molecular weight excluding hydrogens is 271 g/mol. The van der Waals surface area contributed by atoms with Gasteiger partial charge >= 0.3 is 0 Å². The van der Waals surface area contributed by atoms with Crippen molar-refractivity contribution in [1.29, 1.82) is 0 Å². The van der Waals surface area contributed by atoms with Gasteiger partial charge in [0.05, 0.1) is 12.3 Å². The number of rotatable bonds is 1. The van der Waals surface area contributed by atoms with Crippen LogP contribution in [-0.4, -0.2) is 24.8 Å². The van der Waals surface area contributed by atoms with Gasteiger partial charge in [-0.05, 0) is 24.5 Å². The zero-order chi connectivity index (χ0) is 11.7. The Labute approximate surface area is 117 Å². The van der Waals surface area contributed by atoms with Crippen molar-refractivity contribution in [3.8, 4) is 0 Å². The molecule has 4 nitrogen and oxygen atoms in total. The molecule has 0 fully saturated rings. The van der Waals surface area contributed by atoms with Crippen LogP contribution in [0.3, 0.4) is 0 Å². The third-order valence-corrected chi connectivity index (χ3v) is 3.37. The third-order valence-electron chi connectivity index (χ3n) is 3.01. The fraction of sp³-hybridized carbons (Fsp3) is 0.333. The molecule has 1 aliphatic carbocycles. The van der Waals surface area contributed by atoms with Crippen molar-refractivity contribution in [2.45, 2.75) is 12.8 Å². The average Bonchev–Trinajstić information content (AvgIpc) is 2.95. The molecule has 6 heteroatoms. The molecule has 0 saturated carbocycles. The second-order valence-electron chi connectivity index (χ2n) is 4.09. The van der Waals surface area contributed by atoms with Crippen molar-refractivity contribution in [1.82, 2.24) is 10.7 Å². The first-order chi connectivity index (χ1) is 8.34. The maximum Gasteiger partial charge on any atom is 0.212 e. The first-order valence-electron chi connectivity index (χ1n) is 5.73. The van der Waals surface area contributed by atoms with Crippen LogP contribution in [0, 0.1) is 0 Å². The van der Waals surface area contributed by atoms with Gasteiger partial charge in [0.25, 0.3) is 0 Å². The van der Waals surface area contributed by atoms with Gasteiger partial charge in [-0.1, -0.05) is 23.7 Å². The van der Waals surface area contributed by atoms with E-state index in [0.29, 0.717) is 0 Å². The van der Waals surface area contributed by atoms with Crippen molar-refractivity contribution in [2.75, 3.05) is 13.1 Å². The number of halogens is 2. The summed E-state index contributed by atoms with van der Waals surface area (Å²) < 4.78 is 0. The second kappa shape index (κ2) is 5.59. The molecule has 0 unspecified atom stereocenters. The van der Waals surface area contributed by atoms with Crippen LogP contribution >= 0.6 is 24.0 Å². The number of fused-ring (bicyclic) bond motifs is 1. The number of hydrazone groups is 1. The highest BCUT2D eigenvalue weighted by molar-refractivity contribution is 6.32. The Morgan fingerprint density at radius 1 is 1.33 bits per heavy atom. The van der Waals surface area contributed by atoms with Gasteiger partial charge in [-0.3, -0.25) is 0 Å². The van der Waals surface area contributed by atoms with E-state index in [1.165, 1.54) is 5.56 Å². The van der Waals surface area contributed by atoms with E-state index in [2.05, 4.69) is 26.9 Å². The number of benzene rings is 1. The Bertz CT molecular complexity index is 511. The molecule has 0 radical (unpaired) electrons. The summed E-state index contributed by atoms with van der Waals surface area (Å²) in [6.07, 6.45) is 1.90. The Morgan fingerprint density at radius 2 is 2.22 bits per heavy atom. The molecule has 0 aromatic heterocycles. The maximum absolute atomic E-state index is 6.15. The van der Waals surface area contributed by atoms with E-state index in [4.69, 9.17) is 11.6 Å². The Morgan fingerprint density at radius 3 is 3.00 bits per heavy atom. The van der Waals surface area contributed by atoms with E-state index in [1.54, 1.807) is 0 Å². The highest BCUT2D eigenvalue weighted by atomic mass is 35.5. The molecule has 2 N–H and O–H groups in total. The highest BCUT2D eigenvalue weighted by Crippen LogP contribution is 2.28. The normalized spacial score (nSPS) is 18.9. The summed E-state index contributed by atoms with van der Waals surface area (Å²) in [5, 5.41) is 8.36. The van der Waals surface area contributed by atoms with E-state index < -0.39 is 0 Å². The average molecular weight is 285 g/mol. The highest BCUT2D eigenvalue weighted by Gasteiger charge is 2.20. The van der Waals surface area contributed by atoms with Crippen LogP contribution in [0.15, 0.2) is 28.3 Å². The van der Waals surface area contributed by atoms with Crippen molar-refractivity contribution in [2.24, 2.45) is 10.1 Å². The minimum atomic E-state index is 0. The molecule has 0 bridgehead atoms. The summed E-state index contributed by atoms with van der Waals surface area (Å²) >= 11 is 6.15. The predicted octanol–water partition coefficient (Wildman–Crippen LogP) is 1.96. The minimum absolute atomic E-state index is 0. The van der Waals surface area contributed by atoms with Crippen molar-refractivity contribution < 1.29 is 0 Å².